The Morgan fingerprint density at radius 2 is 2.00 bits per heavy atom. The van der Waals surface area contributed by atoms with E-state index in [9.17, 15) is 0 Å². The fraction of sp³-hybridized carbons (Fsp3) is 0.571. The van der Waals surface area contributed by atoms with Gasteiger partial charge in [0.25, 0.3) is 0 Å². The maximum Gasteiger partial charge on any atom is 0.122 e. The summed E-state index contributed by atoms with van der Waals surface area (Å²) in [6.07, 6.45) is 0. The van der Waals surface area contributed by atoms with E-state index >= 15 is 0 Å². The normalized spacial score (nSPS) is 17.1. The van der Waals surface area contributed by atoms with Crippen molar-refractivity contribution in [2.24, 2.45) is 0 Å². The van der Waals surface area contributed by atoms with E-state index in [0.29, 0.717) is 0 Å². The summed E-state index contributed by atoms with van der Waals surface area (Å²) in [7, 11) is 0. The van der Waals surface area contributed by atoms with E-state index < -0.39 is 0 Å². The van der Waals surface area contributed by atoms with Crippen LogP contribution in [0.4, 0.5) is 0 Å². The standard InChI is InChI=1S/C14H22N2O/c1-12-4-3-5-14(13(12)2)17-11-10-16-8-6-15-7-9-16/h3-5,15H,6-11H2,1-2H3. The van der Waals surface area contributed by atoms with E-state index in [1.54, 1.807) is 0 Å². The highest BCUT2D eigenvalue weighted by atomic mass is 16.5. The minimum absolute atomic E-state index is 0.782. The minimum Gasteiger partial charge on any atom is -0.492 e. The Balaban J connectivity index is 1.79. The molecule has 0 aliphatic carbocycles. The summed E-state index contributed by atoms with van der Waals surface area (Å²) >= 11 is 0. The molecule has 2 rings (SSSR count). The minimum atomic E-state index is 0.782. The first kappa shape index (κ1) is 12.4. The van der Waals surface area contributed by atoms with E-state index in [4.69, 9.17) is 4.74 Å². The second-order valence-electron chi connectivity index (χ2n) is 4.64. The van der Waals surface area contributed by atoms with Gasteiger partial charge in [0.05, 0.1) is 0 Å². The number of nitrogens with zero attached hydrogens (tertiary/aromatic N) is 1. The summed E-state index contributed by atoms with van der Waals surface area (Å²) < 4.78 is 5.86. The molecule has 1 aliphatic rings. The average molecular weight is 234 g/mol. The first-order valence-corrected chi connectivity index (χ1v) is 6.39. The molecule has 1 fully saturated rings. The smallest absolute Gasteiger partial charge is 0.122 e. The SMILES string of the molecule is Cc1cccc(OCCN2CCNCC2)c1C. The largest absolute Gasteiger partial charge is 0.492 e. The van der Waals surface area contributed by atoms with Crippen molar-refractivity contribution in [2.75, 3.05) is 39.3 Å². The molecule has 0 unspecified atom stereocenters. The Morgan fingerprint density at radius 1 is 1.24 bits per heavy atom. The van der Waals surface area contributed by atoms with Gasteiger partial charge in [0.1, 0.15) is 12.4 Å². The van der Waals surface area contributed by atoms with E-state index in [-0.39, 0.29) is 0 Å². The molecule has 3 heteroatoms. The number of ether oxygens (including phenoxy) is 1. The lowest BCUT2D eigenvalue weighted by Gasteiger charge is -2.27. The molecule has 0 saturated carbocycles. The highest BCUT2D eigenvalue weighted by molar-refractivity contribution is 5.38. The molecule has 0 radical (unpaired) electrons. The zero-order valence-electron chi connectivity index (χ0n) is 10.8. The zero-order valence-corrected chi connectivity index (χ0v) is 10.8. The van der Waals surface area contributed by atoms with Crippen molar-refractivity contribution in [1.29, 1.82) is 0 Å². The van der Waals surface area contributed by atoms with Gasteiger partial charge in [-0.2, -0.15) is 0 Å². The van der Waals surface area contributed by atoms with Crippen LogP contribution in [-0.4, -0.2) is 44.2 Å². The fourth-order valence-electron chi connectivity index (χ4n) is 2.10. The third-order valence-corrected chi connectivity index (χ3v) is 3.43. The molecular formula is C14H22N2O. The Bertz CT molecular complexity index is 359. The summed E-state index contributed by atoms with van der Waals surface area (Å²) in [5.41, 5.74) is 2.55. The zero-order chi connectivity index (χ0) is 12.1. The first-order valence-electron chi connectivity index (χ1n) is 6.39. The molecule has 94 valence electrons. The van der Waals surface area contributed by atoms with Crippen LogP contribution in [0.1, 0.15) is 11.1 Å². The predicted octanol–water partition coefficient (Wildman–Crippen LogP) is 1.59. The van der Waals surface area contributed by atoms with Gasteiger partial charge in [-0.3, -0.25) is 4.90 Å². The second kappa shape index (κ2) is 6.03. The molecule has 1 saturated heterocycles. The summed E-state index contributed by atoms with van der Waals surface area (Å²) in [6.45, 7) is 10.5. The van der Waals surface area contributed by atoms with Crippen LogP contribution in [0.25, 0.3) is 0 Å². The Labute approximate surface area is 104 Å². The molecule has 3 nitrogen and oxygen atoms in total. The molecular weight excluding hydrogens is 212 g/mol. The van der Waals surface area contributed by atoms with Crippen LogP contribution in [0.5, 0.6) is 5.75 Å². The fourth-order valence-corrected chi connectivity index (χ4v) is 2.10. The van der Waals surface area contributed by atoms with Gasteiger partial charge >= 0.3 is 0 Å². The van der Waals surface area contributed by atoms with E-state index in [2.05, 4.69) is 42.3 Å². The van der Waals surface area contributed by atoms with Gasteiger partial charge in [-0.25, -0.2) is 0 Å². The van der Waals surface area contributed by atoms with Gasteiger partial charge in [0.15, 0.2) is 0 Å². The predicted molar refractivity (Wildman–Crippen MR) is 70.7 cm³/mol. The van der Waals surface area contributed by atoms with Crippen molar-refractivity contribution < 1.29 is 4.74 Å². The number of aryl methyl sites for hydroxylation is 1. The third kappa shape index (κ3) is 3.45. The van der Waals surface area contributed by atoms with Crippen LogP contribution in [0.3, 0.4) is 0 Å². The number of hydrogen-bond acceptors (Lipinski definition) is 3. The summed E-state index contributed by atoms with van der Waals surface area (Å²) in [5.74, 6) is 1.03. The lowest BCUT2D eigenvalue weighted by molar-refractivity contribution is 0.191. The molecule has 0 bridgehead atoms. The summed E-state index contributed by atoms with van der Waals surface area (Å²) in [5, 5.41) is 3.36. The van der Waals surface area contributed by atoms with Gasteiger partial charge in [-0.15, -0.1) is 0 Å². The number of benzene rings is 1. The van der Waals surface area contributed by atoms with Crippen LogP contribution in [0.15, 0.2) is 18.2 Å². The maximum atomic E-state index is 5.86. The Hall–Kier alpha value is -1.06. The highest BCUT2D eigenvalue weighted by Crippen LogP contribution is 2.20. The molecule has 17 heavy (non-hydrogen) atoms. The van der Waals surface area contributed by atoms with Crippen molar-refractivity contribution in [3.63, 3.8) is 0 Å². The lowest BCUT2D eigenvalue weighted by atomic mass is 10.1. The molecule has 0 aromatic heterocycles. The van der Waals surface area contributed by atoms with Crippen LogP contribution < -0.4 is 10.1 Å². The summed E-state index contributed by atoms with van der Waals surface area (Å²) in [6, 6.07) is 6.24. The number of hydrogen-bond donors (Lipinski definition) is 1. The highest BCUT2D eigenvalue weighted by Gasteiger charge is 2.09. The number of piperazine rings is 1. The molecule has 1 N–H and O–H groups in total. The van der Waals surface area contributed by atoms with Gasteiger partial charge < -0.3 is 10.1 Å². The van der Waals surface area contributed by atoms with E-state index in [1.807, 2.05) is 0 Å². The third-order valence-electron chi connectivity index (χ3n) is 3.43. The van der Waals surface area contributed by atoms with Gasteiger partial charge in [0.2, 0.25) is 0 Å². The topological polar surface area (TPSA) is 24.5 Å². The van der Waals surface area contributed by atoms with Crippen molar-refractivity contribution in [3.8, 4) is 5.75 Å². The van der Waals surface area contributed by atoms with Crippen LogP contribution in [-0.2, 0) is 0 Å². The second-order valence-corrected chi connectivity index (χ2v) is 4.64. The van der Waals surface area contributed by atoms with Crippen LogP contribution in [0.2, 0.25) is 0 Å². The molecule has 0 spiro atoms. The quantitative estimate of drug-likeness (QED) is 0.856. The van der Waals surface area contributed by atoms with Crippen molar-refractivity contribution in [3.05, 3.63) is 29.3 Å². The Morgan fingerprint density at radius 3 is 2.76 bits per heavy atom. The molecule has 1 aromatic rings. The number of rotatable bonds is 4. The number of nitrogens with one attached hydrogen (secondary N) is 1. The van der Waals surface area contributed by atoms with Crippen LogP contribution >= 0.6 is 0 Å². The molecule has 0 atom stereocenters. The van der Waals surface area contributed by atoms with Crippen molar-refractivity contribution in [1.82, 2.24) is 10.2 Å². The van der Waals surface area contributed by atoms with Crippen molar-refractivity contribution >= 4 is 0 Å². The van der Waals surface area contributed by atoms with Crippen LogP contribution in [0, 0.1) is 13.8 Å². The molecule has 1 aromatic carbocycles. The van der Waals surface area contributed by atoms with E-state index in [0.717, 1.165) is 45.1 Å². The monoisotopic (exact) mass is 234 g/mol. The molecule has 1 aliphatic heterocycles. The van der Waals surface area contributed by atoms with Gasteiger partial charge in [-0.1, -0.05) is 12.1 Å². The maximum absolute atomic E-state index is 5.86. The van der Waals surface area contributed by atoms with Gasteiger partial charge in [0, 0.05) is 32.7 Å². The average Bonchev–Trinajstić information content (AvgIpc) is 2.36. The lowest BCUT2D eigenvalue weighted by Crippen LogP contribution is -2.44. The van der Waals surface area contributed by atoms with Gasteiger partial charge in [-0.05, 0) is 31.0 Å². The Kier molecular flexibility index (Phi) is 4.40. The van der Waals surface area contributed by atoms with Crippen molar-refractivity contribution in [2.45, 2.75) is 13.8 Å². The molecule has 1 heterocycles. The first-order chi connectivity index (χ1) is 8.27. The molecule has 0 amide bonds. The van der Waals surface area contributed by atoms with E-state index in [1.165, 1.54) is 11.1 Å². The summed E-state index contributed by atoms with van der Waals surface area (Å²) in [4.78, 5) is 2.45.